The summed E-state index contributed by atoms with van der Waals surface area (Å²) >= 11 is 0. The number of carbonyl (C=O) groups excluding carboxylic acids is 1. The van der Waals surface area contributed by atoms with E-state index in [9.17, 15) is 13.2 Å². The van der Waals surface area contributed by atoms with Crippen LogP contribution >= 0.6 is 0 Å². The maximum Gasteiger partial charge on any atom is 0.243 e. The van der Waals surface area contributed by atoms with Gasteiger partial charge in [0.15, 0.2) is 0 Å². The Morgan fingerprint density at radius 3 is 2.28 bits per heavy atom. The Kier molecular flexibility index (Phi) is 7.71. The summed E-state index contributed by atoms with van der Waals surface area (Å²) in [5, 5.41) is 0. The highest BCUT2D eigenvalue weighted by Gasteiger charge is 2.26. The SMILES string of the molecule is CN(C)C1CCCN(C(=O)CCc2ccc(S(=O)(=O)N3CCCCCC3)cc2)C1. The third-order valence-electron chi connectivity index (χ3n) is 6.23. The lowest BCUT2D eigenvalue weighted by Gasteiger charge is -2.36. The Morgan fingerprint density at radius 2 is 1.66 bits per heavy atom. The second-order valence-corrected chi connectivity index (χ2v) is 10.5. The van der Waals surface area contributed by atoms with Crippen LogP contribution in [0.1, 0.15) is 50.5 Å². The van der Waals surface area contributed by atoms with Crippen LogP contribution in [-0.4, -0.2) is 74.7 Å². The van der Waals surface area contributed by atoms with Gasteiger partial charge >= 0.3 is 0 Å². The lowest BCUT2D eigenvalue weighted by molar-refractivity contribution is -0.133. The van der Waals surface area contributed by atoms with Crippen molar-refractivity contribution in [1.29, 1.82) is 0 Å². The van der Waals surface area contributed by atoms with E-state index in [4.69, 9.17) is 0 Å². The minimum atomic E-state index is -3.41. The van der Waals surface area contributed by atoms with Gasteiger partial charge in [-0.2, -0.15) is 4.31 Å². The summed E-state index contributed by atoms with van der Waals surface area (Å²) in [6, 6.07) is 7.55. The predicted molar refractivity (Wildman–Crippen MR) is 115 cm³/mol. The summed E-state index contributed by atoms with van der Waals surface area (Å²) in [6.07, 6.45) is 7.39. The molecule has 0 bridgehead atoms. The molecule has 162 valence electrons. The first-order valence-corrected chi connectivity index (χ1v) is 12.4. The molecule has 2 aliphatic rings. The predicted octanol–water partition coefficient (Wildman–Crippen LogP) is 2.74. The van der Waals surface area contributed by atoms with E-state index >= 15 is 0 Å². The molecular weight excluding hydrogens is 386 g/mol. The van der Waals surface area contributed by atoms with Crippen molar-refractivity contribution in [2.24, 2.45) is 0 Å². The van der Waals surface area contributed by atoms with Gasteiger partial charge in [-0.3, -0.25) is 4.79 Å². The van der Waals surface area contributed by atoms with Crippen LogP contribution in [0.2, 0.25) is 0 Å². The van der Waals surface area contributed by atoms with E-state index in [-0.39, 0.29) is 5.91 Å². The normalized spacial score (nSPS) is 21.9. The number of amides is 1. The molecule has 2 heterocycles. The number of hydrogen-bond acceptors (Lipinski definition) is 4. The molecule has 2 saturated heterocycles. The Labute approximate surface area is 175 Å². The summed E-state index contributed by atoms with van der Waals surface area (Å²) < 4.78 is 27.4. The molecule has 1 aromatic rings. The summed E-state index contributed by atoms with van der Waals surface area (Å²) in [7, 11) is 0.727. The maximum absolute atomic E-state index is 12.9. The molecule has 0 radical (unpaired) electrons. The van der Waals surface area contributed by atoms with Crippen molar-refractivity contribution in [3.63, 3.8) is 0 Å². The minimum Gasteiger partial charge on any atom is -0.341 e. The van der Waals surface area contributed by atoms with E-state index < -0.39 is 10.0 Å². The van der Waals surface area contributed by atoms with Crippen molar-refractivity contribution >= 4 is 15.9 Å². The van der Waals surface area contributed by atoms with Crippen molar-refractivity contribution < 1.29 is 13.2 Å². The van der Waals surface area contributed by atoms with Gasteiger partial charge in [-0.15, -0.1) is 0 Å². The van der Waals surface area contributed by atoms with E-state index in [1.54, 1.807) is 16.4 Å². The van der Waals surface area contributed by atoms with Gasteiger partial charge in [0.2, 0.25) is 15.9 Å². The molecule has 1 atom stereocenters. The van der Waals surface area contributed by atoms with Crippen molar-refractivity contribution in [2.45, 2.75) is 62.3 Å². The number of aryl methyl sites for hydroxylation is 1. The number of nitrogens with zero attached hydrogens (tertiary/aromatic N) is 3. The minimum absolute atomic E-state index is 0.192. The molecule has 0 N–H and O–H groups in total. The van der Waals surface area contributed by atoms with Crippen LogP contribution in [0.15, 0.2) is 29.2 Å². The molecule has 7 heteroatoms. The molecular formula is C22H35N3O3S. The molecule has 2 fully saturated rings. The molecule has 1 aromatic carbocycles. The Bertz CT molecular complexity index is 769. The monoisotopic (exact) mass is 421 g/mol. The highest BCUT2D eigenvalue weighted by Crippen LogP contribution is 2.21. The Hall–Kier alpha value is -1.44. The number of sulfonamides is 1. The standard InChI is InChI=1S/C22H35N3O3S/c1-23(2)20-8-7-15-24(18-20)22(26)14-11-19-9-12-21(13-10-19)29(27,28)25-16-5-3-4-6-17-25/h9-10,12-13,20H,3-8,11,14-18H2,1-2H3. The Balaban J connectivity index is 1.55. The summed E-state index contributed by atoms with van der Waals surface area (Å²) in [5.74, 6) is 0.192. The molecule has 6 nitrogen and oxygen atoms in total. The molecule has 2 aliphatic heterocycles. The third kappa shape index (κ3) is 5.80. The van der Waals surface area contributed by atoms with Gasteiger partial charge in [-0.1, -0.05) is 25.0 Å². The molecule has 1 unspecified atom stereocenters. The first-order valence-electron chi connectivity index (χ1n) is 10.9. The molecule has 0 aliphatic carbocycles. The number of piperidine rings is 1. The zero-order valence-electron chi connectivity index (χ0n) is 17.8. The fourth-order valence-electron chi connectivity index (χ4n) is 4.27. The quantitative estimate of drug-likeness (QED) is 0.709. The summed E-state index contributed by atoms with van der Waals surface area (Å²) in [4.78, 5) is 17.1. The van der Waals surface area contributed by atoms with Crippen molar-refractivity contribution in [1.82, 2.24) is 14.1 Å². The molecule has 0 aromatic heterocycles. The molecule has 29 heavy (non-hydrogen) atoms. The van der Waals surface area contributed by atoms with Gasteiger partial charge in [-0.25, -0.2) is 8.42 Å². The van der Waals surface area contributed by atoms with E-state index in [2.05, 4.69) is 19.0 Å². The zero-order valence-corrected chi connectivity index (χ0v) is 18.7. The highest BCUT2D eigenvalue weighted by atomic mass is 32.2. The van der Waals surface area contributed by atoms with Crippen molar-refractivity contribution in [3.05, 3.63) is 29.8 Å². The van der Waals surface area contributed by atoms with Gasteiger partial charge < -0.3 is 9.80 Å². The number of rotatable bonds is 6. The van der Waals surface area contributed by atoms with E-state index in [0.717, 1.165) is 57.2 Å². The highest BCUT2D eigenvalue weighted by molar-refractivity contribution is 7.89. The Morgan fingerprint density at radius 1 is 1.00 bits per heavy atom. The van der Waals surface area contributed by atoms with E-state index in [1.165, 1.54) is 0 Å². The van der Waals surface area contributed by atoms with Gasteiger partial charge in [0, 0.05) is 38.6 Å². The fourth-order valence-corrected chi connectivity index (χ4v) is 5.79. The average molecular weight is 422 g/mol. The average Bonchev–Trinajstić information content (AvgIpc) is 3.02. The van der Waals surface area contributed by atoms with E-state index in [1.807, 2.05) is 17.0 Å². The molecule has 1 amide bonds. The summed E-state index contributed by atoms with van der Waals surface area (Å²) in [5.41, 5.74) is 1.01. The first kappa shape index (κ1) is 22.2. The topological polar surface area (TPSA) is 60.9 Å². The number of likely N-dealkylation sites (tertiary alicyclic amines) is 1. The lowest BCUT2D eigenvalue weighted by atomic mass is 10.0. The largest absolute Gasteiger partial charge is 0.341 e. The van der Waals surface area contributed by atoms with Crippen LogP contribution < -0.4 is 0 Å². The first-order chi connectivity index (χ1) is 13.9. The fraction of sp³-hybridized carbons (Fsp3) is 0.682. The van der Waals surface area contributed by atoms with Crippen LogP contribution in [0.4, 0.5) is 0 Å². The van der Waals surface area contributed by atoms with Crippen molar-refractivity contribution in [2.75, 3.05) is 40.3 Å². The number of carbonyl (C=O) groups is 1. The van der Waals surface area contributed by atoms with Crippen LogP contribution in [0.5, 0.6) is 0 Å². The maximum atomic E-state index is 12.9. The smallest absolute Gasteiger partial charge is 0.243 e. The zero-order chi connectivity index (χ0) is 20.9. The van der Waals surface area contributed by atoms with Crippen LogP contribution in [0, 0.1) is 0 Å². The number of hydrogen-bond donors (Lipinski definition) is 0. The second kappa shape index (κ2) is 10.0. The van der Waals surface area contributed by atoms with Crippen molar-refractivity contribution in [3.8, 4) is 0 Å². The van der Waals surface area contributed by atoms with Gasteiger partial charge in [0.05, 0.1) is 4.90 Å². The van der Waals surface area contributed by atoms with Gasteiger partial charge in [-0.05, 0) is 63.9 Å². The number of likely N-dealkylation sites (N-methyl/N-ethyl adjacent to an activating group) is 1. The summed E-state index contributed by atoms with van der Waals surface area (Å²) in [6.45, 7) is 2.87. The second-order valence-electron chi connectivity index (χ2n) is 8.56. The lowest BCUT2D eigenvalue weighted by Crippen LogP contribution is -2.47. The van der Waals surface area contributed by atoms with Crippen LogP contribution in [-0.2, 0) is 21.2 Å². The van der Waals surface area contributed by atoms with Crippen LogP contribution in [0.3, 0.4) is 0 Å². The third-order valence-corrected chi connectivity index (χ3v) is 8.15. The van der Waals surface area contributed by atoms with Gasteiger partial charge in [0.1, 0.15) is 0 Å². The van der Waals surface area contributed by atoms with E-state index in [0.29, 0.717) is 36.9 Å². The molecule has 0 saturated carbocycles. The molecule has 3 rings (SSSR count). The number of benzene rings is 1. The van der Waals surface area contributed by atoms with Gasteiger partial charge in [0.25, 0.3) is 0 Å². The van der Waals surface area contributed by atoms with Crippen LogP contribution in [0.25, 0.3) is 0 Å². The molecule has 0 spiro atoms.